The normalized spacial score (nSPS) is 10.4. The predicted molar refractivity (Wildman–Crippen MR) is 95.7 cm³/mol. The Morgan fingerprint density at radius 1 is 1.28 bits per heavy atom. The Hall–Kier alpha value is -2.93. The average Bonchev–Trinajstić information content (AvgIpc) is 3.25. The Kier molecular flexibility index (Phi) is 5.25. The van der Waals surface area contributed by atoms with Crippen LogP contribution in [0.5, 0.6) is 5.75 Å². The molecule has 6 nitrogen and oxygen atoms in total. The number of carbonyl (C=O) groups is 2. The Labute approximate surface area is 148 Å². The Morgan fingerprint density at radius 2 is 2.16 bits per heavy atom. The standard InChI is InChI=1S/C18H17N3O3S/c1-12(22)24-14-5-2-4-13(10-14)18(23)19-8-7-15-17(21-11-20-15)16-6-3-9-25-16/h2-6,9-11H,7-8H2,1H3,(H,19,23)(H,20,21). The van der Waals surface area contributed by atoms with Crippen molar-refractivity contribution >= 4 is 23.2 Å². The number of hydrogen-bond donors (Lipinski definition) is 2. The zero-order valence-corrected chi connectivity index (χ0v) is 14.4. The Morgan fingerprint density at radius 3 is 2.92 bits per heavy atom. The minimum atomic E-state index is -0.419. The van der Waals surface area contributed by atoms with Crippen LogP contribution in [0.15, 0.2) is 48.1 Å². The van der Waals surface area contributed by atoms with Crippen molar-refractivity contribution in [3.63, 3.8) is 0 Å². The third kappa shape index (κ3) is 4.33. The van der Waals surface area contributed by atoms with Crippen LogP contribution >= 0.6 is 11.3 Å². The first kappa shape index (κ1) is 16.9. The molecule has 0 spiro atoms. The van der Waals surface area contributed by atoms with E-state index in [2.05, 4.69) is 15.3 Å². The molecule has 2 N–H and O–H groups in total. The molecule has 0 unspecified atom stereocenters. The monoisotopic (exact) mass is 355 g/mol. The molecular formula is C18H17N3O3S. The summed E-state index contributed by atoms with van der Waals surface area (Å²) < 4.78 is 4.99. The lowest BCUT2D eigenvalue weighted by Crippen LogP contribution is -2.25. The predicted octanol–water partition coefficient (Wildman–Crippen LogP) is 3.04. The van der Waals surface area contributed by atoms with Crippen molar-refractivity contribution in [2.24, 2.45) is 0 Å². The van der Waals surface area contributed by atoms with Crippen molar-refractivity contribution in [3.8, 4) is 16.3 Å². The highest BCUT2D eigenvalue weighted by Gasteiger charge is 2.11. The quantitative estimate of drug-likeness (QED) is 0.526. The number of aromatic nitrogens is 2. The van der Waals surface area contributed by atoms with Gasteiger partial charge < -0.3 is 15.0 Å². The summed E-state index contributed by atoms with van der Waals surface area (Å²) in [5, 5.41) is 4.87. The number of nitrogens with zero attached hydrogens (tertiary/aromatic N) is 1. The van der Waals surface area contributed by atoms with Gasteiger partial charge in [-0.3, -0.25) is 9.59 Å². The number of nitrogens with one attached hydrogen (secondary N) is 2. The molecule has 7 heteroatoms. The number of H-pyrrole nitrogens is 1. The van der Waals surface area contributed by atoms with Crippen LogP contribution in [0.1, 0.15) is 23.0 Å². The van der Waals surface area contributed by atoms with Crippen molar-refractivity contribution in [1.29, 1.82) is 0 Å². The van der Waals surface area contributed by atoms with Crippen LogP contribution in [0.2, 0.25) is 0 Å². The van der Waals surface area contributed by atoms with Gasteiger partial charge >= 0.3 is 5.97 Å². The molecule has 0 aliphatic rings. The minimum absolute atomic E-state index is 0.216. The molecule has 0 bridgehead atoms. The number of rotatable bonds is 6. The Bertz CT molecular complexity index is 871. The van der Waals surface area contributed by atoms with Crippen molar-refractivity contribution in [1.82, 2.24) is 15.3 Å². The van der Waals surface area contributed by atoms with E-state index in [0.29, 0.717) is 24.3 Å². The average molecular weight is 355 g/mol. The lowest BCUT2D eigenvalue weighted by atomic mass is 10.2. The van der Waals surface area contributed by atoms with Crippen molar-refractivity contribution in [2.45, 2.75) is 13.3 Å². The van der Waals surface area contributed by atoms with E-state index < -0.39 is 5.97 Å². The lowest BCUT2D eigenvalue weighted by molar-refractivity contribution is -0.131. The van der Waals surface area contributed by atoms with Crippen LogP contribution in [-0.4, -0.2) is 28.4 Å². The van der Waals surface area contributed by atoms with Crippen molar-refractivity contribution in [3.05, 3.63) is 59.4 Å². The summed E-state index contributed by atoms with van der Waals surface area (Å²) >= 11 is 1.63. The minimum Gasteiger partial charge on any atom is -0.427 e. The topological polar surface area (TPSA) is 84.1 Å². The third-order valence-electron chi connectivity index (χ3n) is 3.49. The fraction of sp³-hybridized carbons (Fsp3) is 0.167. The van der Waals surface area contributed by atoms with Gasteiger partial charge in [-0.2, -0.15) is 0 Å². The number of aromatic amines is 1. The van der Waals surface area contributed by atoms with Crippen molar-refractivity contribution in [2.75, 3.05) is 6.54 Å². The first-order valence-electron chi connectivity index (χ1n) is 7.76. The third-order valence-corrected chi connectivity index (χ3v) is 4.37. The largest absolute Gasteiger partial charge is 0.427 e. The summed E-state index contributed by atoms with van der Waals surface area (Å²) in [5.74, 6) is -0.280. The van der Waals surface area contributed by atoms with Crippen LogP contribution in [0.3, 0.4) is 0 Å². The van der Waals surface area contributed by atoms with Gasteiger partial charge in [0, 0.05) is 31.1 Å². The molecule has 128 valence electrons. The van der Waals surface area contributed by atoms with Gasteiger partial charge in [-0.15, -0.1) is 11.3 Å². The second-order valence-electron chi connectivity index (χ2n) is 5.33. The van der Waals surface area contributed by atoms with Crippen molar-refractivity contribution < 1.29 is 14.3 Å². The van der Waals surface area contributed by atoms with E-state index in [-0.39, 0.29) is 5.91 Å². The zero-order valence-electron chi connectivity index (χ0n) is 13.6. The number of carbonyl (C=O) groups excluding carboxylic acids is 2. The molecule has 3 aromatic rings. The van der Waals surface area contributed by atoms with Gasteiger partial charge in [0.2, 0.25) is 0 Å². The van der Waals surface area contributed by atoms with Crippen LogP contribution < -0.4 is 10.1 Å². The fourth-order valence-electron chi connectivity index (χ4n) is 2.41. The number of thiophene rings is 1. The van der Waals surface area contributed by atoms with E-state index in [1.54, 1.807) is 41.9 Å². The van der Waals surface area contributed by atoms with Gasteiger partial charge in [-0.25, -0.2) is 4.98 Å². The van der Waals surface area contributed by atoms with Gasteiger partial charge in [-0.1, -0.05) is 12.1 Å². The number of benzene rings is 1. The van der Waals surface area contributed by atoms with Crippen LogP contribution in [0.4, 0.5) is 0 Å². The second-order valence-corrected chi connectivity index (χ2v) is 6.28. The van der Waals surface area contributed by atoms with Gasteiger partial charge in [-0.05, 0) is 29.6 Å². The molecule has 2 aromatic heterocycles. The summed E-state index contributed by atoms with van der Waals surface area (Å²) in [6.45, 7) is 1.79. The Balaban J connectivity index is 1.59. The molecule has 2 heterocycles. The summed E-state index contributed by atoms with van der Waals surface area (Å²) in [6.07, 6.45) is 2.30. The molecule has 0 radical (unpaired) electrons. The highest BCUT2D eigenvalue weighted by atomic mass is 32.1. The number of hydrogen-bond acceptors (Lipinski definition) is 5. The second kappa shape index (κ2) is 7.76. The molecule has 1 aromatic carbocycles. The van der Waals surface area contributed by atoms with E-state index in [0.717, 1.165) is 16.3 Å². The number of esters is 1. The van der Waals surface area contributed by atoms with Gasteiger partial charge in [0.1, 0.15) is 11.4 Å². The SMILES string of the molecule is CC(=O)Oc1cccc(C(=O)NCCc2[nH]cnc2-c2cccs2)c1. The van der Waals surface area contributed by atoms with Gasteiger partial charge in [0.25, 0.3) is 5.91 Å². The van der Waals surface area contributed by atoms with Gasteiger partial charge in [0.05, 0.1) is 11.2 Å². The maximum atomic E-state index is 12.2. The molecule has 1 amide bonds. The molecule has 0 saturated carbocycles. The summed E-state index contributed by atoms with van der Waals surface area (Å²) in [6, 6.07) is 10.5. The zero-order chi connectivity index (χ0) is 17.6. The smallest absolute Gasteiger partial charge is 0.308 e. The summed E-state index contributed by atoms with van der Waals surface area (Å²) in [7, 11) is 0. The van der Waals surface area contributed by atoms with Crippen LogP contribution in [-0.2, 0) is 11.2 Å². The van der Waals surface area contributed by atoms with Gasteiger partial charge in [0.15, 0.2) is 0 Å². The molecule has 0 atom stereocenters. The van der Waals surface area contributed by atoms with E-state index >= 15 is 0 Å². The number of ether oxygens (including phenoxy) is 1. The molecular weight excluding hydrogens is 338 g/mol. The molecule has 0 saturated heterocycles. The first-order valence-corrected chi connectivity index (χ1v) is 8.64. The lowest BCUT2D eigenvalue weighted by Gasteiger charge is -2.07. The van der Waals surface area contributed by atoms with E-state index in [9.17, 15) is 9.59 Å². The van der Waals surface area contributed by atoms with E-state index in [1.807, 2.05) is 17.5 Å². The van der Waals surface area contributed by atoms with E-state index in [1.165, 1.54) is 6.92 Å². The highest BCUT2D eigenvalue weighted by molar-refractivity contribution is 7.13. The molecule has 0 aliphatic heterocycles. The maximum Gasteiger partial charge on any atom is 0.308 e. The summed E-state index contributed by atoms with van der Waals surface area (Å²) in [4.78, 5) is 31.8. The molecule has 0 fully saturated rings. The fourth-order valence-corrected chi connectivity index (χ4v) is 3.16. The molecule has 0 aliphatic carbocycles. The van der Waals surface area contributed by atoms with E-state index in [4.69, 9.17) is 4.74 Å². The highest BCUT2D eigenvalue weighted by Crippen LogP contribution is 2.25. The molecule has 3 rings (SSSR count). The summed E-state index contributed by atoms with van der Waals surface area (Å²) in [5.41, 5.74) is 2.35. The first-order chi connectivity index (χ1) is 12.1. The number of imidazole rings is 1. The number of amides is 1. The van der Waals surface area contributed by atoms with Crippen LogP contribution in [0.25, 0.3) is 10.6 Å². The maximum absolute atomic E-state index is 12.2. The van der Waals surface area contributed by atoms with Crippen LogP contribution in [0, 0.1) is 0 Å². The molecule has 25 heavy (non-hydrogen) atoms.